The van der Waals surface area contributed by atoms with Crippen molar-refractivity contribution in [3.05, 3.63) is 21.8 Å². The summed E-state index contributed by atoms with van der Waals surface area (Å²) in [6.07, 6.45) is 1.11. The van der Waals surface area contributed by atoms with Gasteiger partial charge in [0.05, 0.1) is 11.9 Å². The fourth-order valence-electron chi connectivity index (χ4n) is 0.814. The Balaban J connectivity index is 3.04. The van der Waals surface area contributed by atoms with Crippen LogP contribution in [-0.2, 0) is 10.0 Å². The Morgan fingerprint density at radius 1 is 1.46 bits per heavy atom. The van der Waals surface area contributed by atoms with Gasteiger partial charge in [0.2, 0.25) is 10.0 Å². The average Bonchev–Trinajstić information content (AvgIpc) is 1.93. The van der Waals surface area contributed by atoms with Crippen molar-refractivity contribution in [3.63, 3.8) is 0 Å². The van der Waals surface area contributed by atoms with Crippen LogP contribution < -0.4 is 10.5 Å². The van der Waals surface area contributed by atoms with Crippen molar-refractivity contribution in [1.82, 2.24) is 0 Å². The number of anilines is 2. The molecule has 0 fully saturated rings. The minimum atomic E-state index is -3.21. The predicted octanol–water partition coefficient (Wildman–Crippen LogP) is 1.24. The molecular weight excluding hydrogens is 303 g/mol. The van der Waals surface area contributed by atoms with E-state index in [0.29, 0.717) is 11.4 Å². The SMILES string of the molecule is CS(=O)(=O)Nc1ccc(N)cc1I. The van der Waals surface area contributed by atoms with Gasteiger partial charge in [-0.3, -0.25) is 4.72 Å². The van der Waals surface area contributed by atoms with Gasteiger partial charge < -0.3 is 5.73 Å². The number of nitrogen functional groups attached to an aromatic ring is 1. The van der Waals surface area contributed by atoms with Crippen LogP contribution in [0.25, 0.3) is 0 Å². The molecule has 0 spiro atoms. The Kier molecular flexibility index (Phi) is 3.01. The van der Waals surface area contributed by atoms with Gasteiger partial charge in [0, 0.05) is 9.26 Å². The first-order valence-electron chi connectivity index (χ1n) is 3.41. The van der Waals surface area contributed by atoms with Gasteiger partial charge in [-0.25, -0.2) is 8.42 Å². The molecule has 3 N–H and O–H groups in total. The van der Waals surface area contributed by atoms with Crippen molar-refractivity contribution in [2.45, 2.75) is 0 Å². The van der Waals surface area contributed by atoms with E-state index in [-0.39, 0.29) is 0 Å². The third kappa shape index (κ3) is 3.39. The van der Waals surface area contributed by atoms with Gasteiger partial charge in [-0.1, -0.05) is 0 Å². The number of nitrogens with two attached hydrogens (primary N) is 1. The fourth-order valence-corrected chi connectivity index (χ4v) is 2.25. The van der Waals surface area contributed by atoms with Crippen LogP contribution in [0.4, 0.5) is 11.4 Å². The summed E-state index contributed by atoms with van der Waals surface area (Å²) in [7, 11) is -3.21. The quantitative estimate of drug-likeness (QED) is 0.637. The Morgan fingerprint density at radius 2 is 2.08 bits per heavy atom. The molecule has 4 nitrogen and oxygen atoms in total. The minimum absolute atomic E-state index is 0.553. The zero-order valence-corrected chi connectivity index (χ0v) is 9.89. The number of nitrogens with one attached hydrogen (secondary N) is 1. The topological polar surface area (TPSA) is 72.2 Å². The summed E-state index contributed by atoms with van der Waals surface area (Å²) in [5, 5.41) is 0. The Hall–Kier alpha value is -0.500. The summed E-state index contributed by atoms with van der Waals surface area (Å²) >= 11 is 2.02. The molecule has 0 heterocycles. The second-order valence-corrected chi connectivity index (χ2v) is 5.52. The standard InChI is InChI=1S/C7H9IN2O2S/c1-13(11,12)10-7-3-2-5(9)4-6(7)8/h2-4,10H,9H2,1H3. The number of halogens is 1. The summed E-state index contributed by atoms with van der Waals surface area (Å²) in [6, 6.07) is 4.99. The van der Waals surface area contributed by atoms with E-state index >= 15 is 0 Å². The number of hydrogen-bond donors (Lipinski definition) is 2. The fraction of sp³-hybridized carbons (Fsp3) is 0.143. The summed E-state index contributed by atoms with van der Waals surface area (Å²) < 4.78 is 25.0. The zero-order valence-electron chi connectivity index (χ0n) is 6.91. The van der Waals surface area contributed by atoms with E-state index in [2.05, 4.69) is 4.72 Å². The molecule has 0 aliphatic carbocycles. The van der Waals surface area contributed by atoms with Crippen molar-refractivity contribution in [2.24, 2.45) is 0 Å². The first-order valence-corrected chi connectivity index (χ1v) is 6.38. The van der Waals surface area contributed by atoms with Gasteiger partial charge in [-0.05, 0) is 40.8 Å². The molecule has 0 saturated heterocycles. The lowest BCUT2D eigenvalue weighted by molar-refractivity contribution is 0.607. The maximum atomic E-state index is 10.9. The van der Waals surface area contributed by atoms with E-state index in [9.17, 15) is 8.42 Å². The summed E-state index contributed by atoms with van der Waals surface area (Å²) in [5.41, 5.74) is 6.68. The molecule has 0 amide bonds. The average molecular weight is 312 g/mol. The lowest BCUT2D eigenvalue weighted by atomic mass is 10.3. The van der Waals surface area contributed by atoms with E-state index in [0.717, 1.165) is 9.83 Å². The molecule has 0 aromatic heterocycles. The van der Waals surface area contributed by atoms with Crippen LogP contribution in [0.5, 0.6) is 0 Å². The molecule has 1 aromatic rings. The number of hydrogen-bond acceptors (Lipinski definition) is 3. The maximum Gasteiger partial charge on any atom is 0.229 e. The number of rotatable bonds is 2. The van der Waals surface area contributed by atoms with Crippen LogP contribution in [0.1, 0.15) is 0 Å². The summed E-state index contributed by atoms with van der Waals surface area (Å²) in [4.78, 5) is 0. The van der Waals surface area contributed by atoms with Gasteiger partial charge in [0.25, 0.3) is 0 Å². The van der Waals surface area contributed by atoms with Crippen LogP contribution in [0, 0.1) is 3.57 Å². The first kappa shape index (κ1) is 10.6. The van der Waals surface area contributed by atoms with Crippen LogP contribution in [0.15, 0.2) is 18.2 Å². The maximum absolute atomic E-state index is 10.9. The van der Waals surface area contributed by atoms with Gasteiger partial charge in [0.15, 0.2) is 0 Å². The molecule has 6 heteroatoms. The molecule has 13 heavy (non-hydrogen) atoms. The Bertz CT molecular complexity index is 417. The predicted molar refractivity (Wildman–Crippen MR) is 62.0 cm³/mol. The van der Waals surface area contributed by atoms with Gasteiger partial charge in [0.1, 0.15) is 0 Å². The van der Waals surface area contributed by atoms with E-state index in [1.165, 1.54) is 0 Å². The molecule has 0 atom stereocenters. The molecule has 1 rings (SSSR count). The monoisotopic (exact) mass is 312 g/mol. The normalized spacial score (nSPS) is 11.2. The van der Waals surface area contributed by atoms with Crippen LogP contribution in [-0.4, -0.2) is 14.7 Å². The van der Waals surface area contributed by atoms with Gasteiger partial charge in [-0.2, -0.15) is 0 Å². The third-order valence-electron chi connectivity index (χ3n) is 1.29. The van der Waals surface area contributed by atoms with Crippen LogP contribution in [0.3, 0.4) is 0 Å². The highest BCUT2D eigenvalue weighted by Gasteiger charge is 2.05. The molecular formula is C7H9IN2O2S. The van der Waals surface area contributed by atoms with E-state index in [4.69, 9.17) is 5.73 Å². The molecule has 72 valence electrons. The lowest BCUT2D eigenvalue weighted by Gasteiger charge is -2.06. The molecule has 0 saturated carbocycles. The zero-order chi connectivity index (χ0) is 10.1. The molecule has 1 aromatic carbocycles. The van der Waals surface area contributed by atoms with Gasteiger partial charge in [-0.15, -0.1) is 0 Å². The van der Waals surface area contributed by atoms with Crippen molar-refractivity contribution >= 4 is 44.0 Å². The second-order valence-electron chi connectivity index (χ2n) is 2.61. The number of sulfonamides is 1. The highest BCUT2D eigenvalue weighted by atomic mass is 127. The minimum Gasteiger partial charge on any atom is -0.399 e. The number of benzene rings is 1. The smallest absolute Gasteiger partial charge is 0.229 e. The third-order valence-corrected chi connectivity index (χ3v) is 2.77. The summed E-state index contributed by atoms with van der Waals surface area (Å²) in [5.74, 6) is 0. The highest BCUT2D eigenvalue weighted by Crippen LogP contribution is 2.21. The van der Waals surface area contributed by atoms with Gasteiger partial charge >= 0.3 is 0 Å². The van der Waals surface area contributed by atoms with Crippen molar-refractivity contribution in [1.29, 1.82) is 0 Å². The molecule has 0 radical (unpaired) electrons. The van der Waals surface area contributed by atoms with Crippen molar-refractivity contribution in [2.75, 3.05) is 16.7 Å². The van der Waals surface area contributed by atoms with Crippen molar-refractivity contribution < 1.29 is 8.42 Å². The van der Waals surface area contributed by atoms with E-state index < -0.39 is 10.0 Å². The Labute approximate surface area is 90.7 Å². The van der Waals surface area contributed by atoms with E-state index in [1.54, 1.807) is 18.2 Å². The van der Waals surface area contributed by atoms with Crippen LogP contribution >= 0.6 is 22.6 Å². The Morgan fingerprint density at radius 3 is 2.54 bits per heavy atom. The van der Waals surface area contributed by atoms with Crippen molar-refractivity contribution in [3.8, 4) is 0 Å². The highest BCUT2D eigenvalue weighted by molar-refractivity contribution is 14.1. The largest absolute Gasteiger partial charge is 0.399 e. The van der Waals surface area contributed by atoms with E-state index in [1.807, 2.05) is 22.6 Å². The molecule has 0 aliphatic rings. The first-order chi connectivity index (χ1) is 5.88. The second kappa shape index (κ2) is 3.70. The molecule has 0 aliphatic heterocycles. The summed E-state index contributed by atoms with van der Waals surface area (Å²) in [6.45, 7) is 0. The van der Waals surface area contributed by atoms with Crippen LogP contribution in [0.2, 0.25) is 0 Å². The lowest BCUT2D eigenvalue weighted by Crippen LogP contribution is -2.10. The molecule has 0 unspecified atom stereocenters. The molecule has 0 bridgehead atoms.